The molecule has 1 aliphatic rings. The van der Waals surface area contributed by atoms with E-state index in [9.17, 15) is 18.0 Å². The zero-order chi connectivity index (χ0) is 23.9. The summed E-state index contributed by atoms with van der Waals surface area (Å²) in [5.41, 5.74) is 8.15. The number of hydrogen-bond donors (Lipinski definition) is 3. The Kier molecular flexibility index (Phi) is 8.48. The molecule has 174 valence electrons. The highest BCUT2D eigenvalue weighted by Crippen LogP contribution is 2.25. The van der Waals surface area contributed by atoms with Gasteiger partial charge < -0.3 is 25.5 Å². The van der Waals surface area contributed by atoms with Crippen LogP contribution in [0.4, 0.5) is 13.2 Å². The number of nitrogens with zero attached hydrogens (tertiary/aromatic N) is 2. The number of nitrogens with two attached hydrogens (primary N) is 1. The lowest BCUT2D eigenvalue weighted by molar-refractivity contribution is -0.192. The quantitative estimate of drug-likeness (QED) is 0.615. The van der Waals surface area contributed by atoms with Crippen molar-refractivity contribution in [3.8, 4) is 11.8 Å². The van der Waals surface area contributed by atoms with Crippen LogP contribution < -0.4 is 10.5 Å². The molecule has 0 spiro atoms. The summed E-state index contributed by atoms with van der Waals surface area (Å²) in [5.74, 6) is -2.08. The zero-order valence-corrected chi connectivity index (χ0v) is 17.5. The van der Waals surface area contributed by atoms with E-state index in [1.807, 2.05) is 24.4 Å². The first-order valence-corrected chi connectivity index (χ1v) is 10.1. The van der Waals surface area contributed by atoms with E-state index in [2.05, 4.69) is 18.0 Å². The highest BCUT2D eigenvalue weighted by molar-refractivity contribution is 5.87. The van der Waals surface area contributed by atoms with Gasteiger partial charge in [0.2, 0.25) is 5.91 Å². The molecule has 0 aliphatic carbocycles. The molecule has 1 fully saturated rings. The molecule has 11 heteroatoms. The van der Waals surface area contributed by atoms with Gasteiger partial charge in [-0.1, -0.05) is 6.92 Å². The summed E-state index contributed by atoms with van der Waals surface area (Å²) in [5, 5.41) is 17.3. The predicted molar refractivity (Wildman–Crippen MR) is 110 cm³/mol. The highest BCUT2D eigenvalue weighted by atomic mass is 19.4. The molecular formula is C21H25F3N4O4. The van der Waals surface area contributed by atoms with Crippen LogP contribution in [-0.2, 0) is 16.0 Å². The Morgan fingerprint density at radius 2 is 2.12 bits per heavy atom. The molecule has 1 amide bonds. The minimum atomic E-state index is -5.08. The number of aromatic amines is 1. The number of H-pyrrole nitrogens is 1. The van der Waals surface area contributed by atoms with E-state index < -0.39 is 18.2 Å². The van der Waals surface area contributed by atoms with Crippen molar-refractivity contribution < 1.29 is 32.6 Å². The lowest BCUT2D eigenvalue weighted by Crippen LogP contribution is -2.46. The fourth-order valence-electron chi connectivity index (χ4n) is 3.34. The summed E-state index contributed by atoms with van der Waals surface area (Å²) < 4.78 is 37.4. The van der Waals surface area contributed by atoms with Gasteiger partial charge in [-0.15, -0.1) is 0 Å². The number of aliphatic carboxylic acids is 1. The number of hydrogen-bond acceptors (Lipinski definition) is 5. The van der Waals surface area contributed by atoms with Crippen molar-refractivity contribution in [1.82, 2.24) is 9.88 Å². The van der Waals surface area contributed by atoms with E-state index in [4.69, 9.17) is 25.6 Å². The molecule has 2 aromatic rings. The number of benzene rings is 1. The van der Waals surface area contributed by atoms with E-state index in [1.165, 1.54) is 0 Å². The Bertz CT molecular complexity index is 984. The zero-order valence-electron chi connectivity index (χ0n) is 17.5. The number of nitriles is 1. The molecule has 2 atom stereocenters. The van der Waals surface area contributed by atoms with Crippen LogP contribution in [0.15, 0.2) is 24.4 Å². The number of rotatable bonds is 6. The van der Waals surface area contributed by atoms with Gasteiger partial charge in [0.05, 0.1) is 18.7 Å². The van der Waals surface area contributed by atoms with Gasteiger partial charge in [0.15, 0.2) is 0 Å². The minimum Gasteiger partial charge on any atom is -0.494 e. The summed E-state index contributed by atoms with van der Waals surface area (Å²) in [4.78, 5) is 26.3. The lowest BCUT2D eigenvalue weighted by Gasteiger charge is -2.23. The summed E-state index contributed by atoms with van der Waals surface area (Å²) in [6.07, 6.45) is -0.201. The largest absolute Gasteiger partial charge is 0.494 e. The van der Waals surface area contributed by atoms with Crippen molar-refractivity contribution in [2.75, 3.05) is 13.2 Å². The van der Waals surface area contributed by atoms with Crippen LogP contribution in [0.3, 0.4) is 0 Å². The average Bonchev–Trinajstić information content (AvgIpc) is 3.38. The summed E-state index contributed by atoms with van der Waals surface area (Å²) in [7, 11) is 0. The number of likely N-dealkylation sites (tertiary alicyclic amines) is 1. The first kappa shape index (κ1) is 25.0. The molecule has 0 unspecified atom stereocenters. The van der Waals surface area contributed by atoms with E-state index in [0.29, 0.717) is 19.6 Å². The van der Waals surface area contributed by atoms with Crippen LogP contribution in [0.1, 0.15) is 31.7 Å². The molecule has 3 rings (SSSR count). The first-order valence-electron chi connectivity index (χ1n) is 10.1. The van der Waals surface area contributed by atoms with E-state index >= 15 is 0 Å². The number of nitrogens with one attached hydrogen (secondary N) is 1. The molecule has 1 saturated heterocycles. The molecule has 8 nitrogen and oxygen atoms in total. The first-order chi connectivity index (χ1) is 15.1. The molecular weight excluding hydrogens is 429 g/mol. The Morgan fingerprint density at radius 3 is 2.72 bits per heavy atom. The van der Waals surface area contributed by atoms with Gasteiger partial charge in [0.25, 0.3) is 0 Å². The SMILES string of the molecule is CCCOc1ccc2[nH]cc(C[C@H](N)C(=O)N3CCC[C@H]3C#N)c2c1.O=C(O)C(F)(F)F. The molecule has 0 bridgehead atoms. The topological polar surface area (TPSA) is 132 Å². The third-order valence-corrected chi connectivity index (χ3v) is 4.90. The second-order valence-corrected chi connectivity index (χ2v) is 7.30. The smallest absolute Gasteiger partial charge is 0.490 e. The number of carboxylic acid groups (broad SMARTS) is 1. The number of ether oxygens (including phenoxy) is 1. The molecule has 2 heterocycles. The van der Waals surface area contributed by atoms with Gasteiger partial charge in [-0.25, -0.2) is 4.79 Å². The molecule has 0 radical (unpaired) electrons. The third kappa shape index (κ3) is 6.37. The van der Waals surface area contributed by atoms with Crippen molar-refractivity contribution in [2.45, 2.75) is 50.9 Å². The summed E-state index contributed by atoms with van der Waals surface area (Å²) in [6, 6.07) is 7.11. The van der Waals surface area contributed by atoms with Crippen LogP contribution in [0.25, 0.3) is 10.9 Å². The number of carbonyl (C=O) groups excluding carboxylic acids is 1. The Balaban J connectivity index is 0.000000451. The lowest BCUT2D eigenvalue weighted by atomic mass is 10.0. The number of amides is 1. The van der Waals surface area contributed by atoms with Gasteiger partial charge in [0, 0.05) is 23.6 Å². The van der Waals surface area contributed by atoms with E-state index in [0.717, 1.165) is 41.5 Å². The highest BCUT2D eigenvalue weighted by Gasteiger charge is 2.38. The van der Waals surface area contributed by atoms with Crippen molar-refractivity contribution in [1.29, 1.82) is 5.26 Å². The van der Waals surface area contributed by atoms with Gasteiger partial charge >= 0.3 is 12.1 Å². The van der Waals surface area contributed by atoms with Crippen LogP contribution in [0.5, 0.6) is 5.75 Å². The maximum Gasteiger partial charge on any atom is 0.490 e. The fraction of sp³-hybridized carbons (Fsp3) is 0.476. The van der Waals surface area contributed by atoms with Gasteiger partial charge in [-0.3, -0.25) is 4.79 Å². The van der Waals surface area contributed by atoms with E-state index in [1.54, 1.807) is 4.90 Å². The Hall–Kier alpha value is -3.26. The van der Waals surface area contributed by atoms with E-state index in [-0.39, 0.29) is 11.9 Å². The number of carboxylic acids is 1. The Labute approximate surface area is 182 Å². The Morgan fingerprint density at radius 1 is 1.44 bits per heavy atom. The predicted octanol–water partition coefficient (Wildman–Crippen LogP) is 2.97. The number of halogens is 3. The van der Waals surface area contributed by atoms with Crippen molar-refractivity contribution in [2.24, 2.45) is 5.73 Å². The van der Waals surface area contributed by atoms with Crippen molar-refractivity contribution in [3.05, 3.63) is 30.0 Å². The van der Waals surface area contributed by atoms with Crippen LogP contribution >= 0.6 is 0 Å². The van der Waals surface area contributed by atoms with Gasteiger partial charge in [-0.05, 0) is 49.4 Å². The summed E-state index contributed by atoms with van der Waals surface area (Å²) in [6.45, 7) is 3.36. The van der Waals surface area contributed by atoms with Crippen LogP contribution in [0, 0.1) is 11.3 Å². The fourth-order valence-corrected chi connectivity index (χ4v) is 3.34. The number of carbonyl (C=O) groups is 2. The van der Waals surface area contributed by atoms with Gasteiger partial charge in [0.1, 0.15) is 11.8 Å². The third-order valence-electron chi connectivity index (χ3n) is 4.90. The maximum atomic E-state index is 12.6. The molecule has 1 aromatic carbocycles. The number of aromatic nitrogens is 1. The van der Waals surface area contributed by atoms with Crippen molar-refractivity contribution >= 4 is 22.8 Å². The second-order valence-electron chi connectivity index (χ2n) is 7.30. The van der Waals surface area contributed by atoms with Crippen molar-refractivity contribution in [3.63, 3.8) is 0 Å². The van der Waals surface area contributed by atoms with Gasteiger partial charge in [-0.2, -0.15) is 18.4 Å². The minimum absolute atomic E-state index is 0.142. The molecule has 0 saturated carbocycles. The standard InChI is InChI=1S/C19H24N4O2.C2HF3O2/c1-2-8-25-15-5-6-18-16(10-15)13(12-22-18)9-17(21)19(24)23-7-3-4-14(23)11-20;3-2(4,5)1(6)7/h5-6,10,12,14,17,22H,2-4,7-9,21H2,1H3;(H,6,7)/t14-,17-;/m0./s1. The normalized spacial score (nSPS) is 16.8. The monoisotopic (exact) mass is 454 g/mol. The molecule has 1 aromatic heterocycles. The summed E-state index contributed by atoms with van der Waals surface area (Å²) >= 11 is 0. The average molecular weight is 454 g/mol. The molecule has 1 aliphatic heterocycles. The maximum absolute atomic E-state index is 12.6. The molecule has 4 N–H and O–H groups in total. The number of fused-ring (bicyclic) bond motifs is 1. The van der Waals surface area contributed by atoms with Crippen LogP contribution in [0.2, 0.25) is 0 Å². The molecule has 32 heavy (non-hydrogen) atoms. The second kappa shape index (κ2) is 10.9. The number of alkyl halides is 3. The van der Waals surface area contributed by atoms with Crippen LogP contribution in [-0.4, -0.2) is 58.3 Å².